The van der Waals surface area contributed by atoms with Crippen LogP contribution in [0.25, 0.3) is 0 Å². The highest BCUT2D eigenvalue weighted by Gasteiger charge is 2.16. The molecule has 2 N–H and O–H groups in total. The van der Waals surface area contributed by atoms with Gasteiger partial charge in [-0.05, 0) is 51.3 Å². The fourth-order valence-corrected chi connectivity index (χ4v) is 1.79. The molecule has 0 aromatic heterocycles. The van der Waals surface area contributed by atoms with Crippen molar-refractivity contribution in [1.29, 1.82) is 0 Å². The summed E-state index contributed by atoms with van der Waals surface area (Å²) in [5.41, 5.74) is 0.717. The topological polar surface area (TPSA) is 58.2 Å². The third-order valence-electron chi connectivity index (χ3n) is 2.88. The van der Waals surface area contributed by atoms with Gasteiger partial charge in [-0.25, -0.2) is 0 Å². The van der Waals surface area contributed by atoms with Gasteiger partial charge in [0.05, 0.1) is 0 Å². The number of nitrogens with one attached hydrogen (secondary N) is 2. The van der Waals surface area contributed by atoms with Crippen molar-refractivity contribution in [2.45, 2.75) is 46.6 Å². The largest absolute Gasteiger partial charge is 0.352 e. The van der Waals surface area contributed by atoms with Crippen molar-refractivity contribution in [3.63, 3.8) is 0 Å². The summed E-state index contributed by atoms with van der Waals surface area (Å²) in [6.45, 7) is 10.6. The molecule has 116 valence electrons. The lowest BCUT2D eigenvalue weighted by atomic mass is 10.1. The van der Waals surface area contributed by atoms with Gasteiger partial charge in [0.1, 0.15) is 0 Å². The summed E-state index contributed by atoms with van der Waals surface area (Å²) in [6.07, 6.45) is 0.940. The van der Waals surface area contributed by atoms with Crippen LogP contribution < -0.4 is 10.6 Å². The number of carbonyl (C=O) groups is 2. The fraction of sp³-hybridized carbons (Fsp3) is 0.529. The maximum Gasteiger partial charge on any atom is 0.251 e. The molecule has 1 rings (SSSR count). The van der Waals surface area contributed by atoms with Crippen LogP contribution in [0.1, 0.15) is 61.8 Å². The number of hydrogen-bond donors (Lipinski definition) is 2. The zero-order valence-corrected chi connectivity index (χ0v) is 13.6. The molecule has 1 aromatic carbocycles. The smallest absolute Gasteiger partial charge is 0.251 e. The van der Waals surface area contributed by atoms with Crippen LogP contribution in [0.5, 0.6) is 0 Å². The molecule has 0 atom stereocenters. The number of hydrogen-bond acceptors (Lipinski definition) is 2. The Morgan fingerprint density at radius 3 is 2.19 bits per heavy atom. The monoisotopic (exact) mass is 290 g/mol. The van der Waals surface area contributed by atoms with Crippen molar-refractivity contribution >= 4 is 11.8 Å². The molecule has 0 aliphatic heterocycles. The molecule has 4 heteroatoms. The fourth-order valence-electron chi connectivity index (χ4n) is 1.79. The molecule has 0 fully saturated rings. The molecule has 2 amide bonds. The average molecular weight is 290 g/mol. The summed E-state index contributed by atoms with van der Waals surface area (Å²) in [5.74, 6) is 0.245. The van der Waals surface area contributed by atoms with Crippen molar-refractivity contribution in [2.75, 3.05) is 6.54 Å². The van der Waals surface area contributed by atoms with E-state index in [4.69, 9.17) is 0 Å². The van der Waals surface area contributed by atoms with Gasteiger partial charge < -0.3 is 10.6 Å². The van der Waals surface area contributed by atoms with E-state index < -0.39 is 0 Å². The molecule has 1 aromatic rings. The Labute approximate surface area is 127 Å². The van der Waals surface area contributed by atoms with E-state index in [1.807, 2.05) is 20.8 Å². The van der Waals surface area contributed by atoms with Gasteiger partial charge in [0.25, 0.3) is 11.8 Å². The maximum atomic E-state index is 12.1. The van der Waals surface area contributed by atoms with Crippen LogP contribution in [-0.2, 0) is 0 Å². The SMILES string of the molecule is CC(C)CCNC(=O)c1cccc(C(=O)NC(C)(C)C)c1. The van der Waals surface area contributed by atoms with Crippen LogP contribution in [0.3, 0.4) is 0 Å². The summed E-state index contributed by atoms with van der Waals surface area (Å²) < 4.78 is 0. The first-order chi connectivity index (χ1) is 9.69. The van der Waals surface area contributed by atoms with E-state index in [1.165, 1.54) is 0 Å². The third kappa shape index (κ3) is 6.43. The van der Waals surface area contributed by atoms with Crippen LogP contribution in [0, 0.1) is 5.92 Å². The maximum absolute atomic E-state index is 12.1. The number of carbonyl (C=O) groups excluding carboxylic acids is 2. The Morgan fingerprint density at radius 2 is 1.67 bits per heavy atom. The number of benzene rings is 1. The molecule has 0 radical (unpaired) electrons. The molecule has 0 aliphatic rings. The second kappa shape index (κ2) is 7.25. The lowest BCUT2D eigenvalue weighted by Gasteiger charge is -2.20. The van der Waals surface area contributed by atoms with Crippen LogP contribution in [0.4, 0.5) is 0 Å². The zero-order valence-electron chi connectivity index (χ0n) is 13.6. The van der Waals surface area contributed by atoms with Gasteiger partial charge >= 0.3 is 0 Å². The normalized spacial score (nSPS) is 11.3. The van der Waals surface area contributed by atoms with E-state index in [-0.39, 0.29) is 17.4 Å². The predicted molar refractivity (Wildman–Crippen MR) is 85.4 cm³/mol. The quantitative estimate of drug-likeness (QED) is 0.876. The molecular formula is C17H26N2O2. The van der Waals surface area contributed by atoms with E-state index in [0.717, 1.165) is 6.42 Å². The van der Waals surface area contributed by atoms with Crippen molar-refractivity contribution in [1.82, 2.24) is 10.6 Å². The summed E-state index contributed by atoms with van der Waals surface area (Å²) in [7, 11) is 0. The first-order valence-corrected chi connectivity index (χ1v) is 7.40. The van der Waals surface area contributed by atoms with Gasteiger partial charge in [0, 0.05) is 23.2 Å². The van der Waals surface area contributed by atoms with Crippen molar-refractivity contribution < 1.29 is 9.59 Å². The van der Waals surface area contributed by atoms with Crippen LogP contribution >= 0.6 is 0 Å². The van der Waals surface area contributed by atoms with E-state index in [9.17, 15) is 9.59 Å². The summed E-state index contributed by atoms with van der Waals surface area (Å²) in [6, 6.07) is 6.80. The van der Waals surface area contributed by atoms with E-state index in [0.29, 0.717) is 23.6 Å². The van der Waals surface area contributed by atoms with Gasteiger partial charge in [-0.3, -0.25) is 9.59 Å². The van der Waals surface area contributed by atoms with Gasteiger partial charge in [-0.2, -0.15) is 0 Å². The van der Waals surface area contributed by atoms with E-state index >= 15 is 0 Å². The molecular weight excluding hydrogens is 264 g/mol. The Balaban J connectivity index is 2.71. The standard InChI is InChI=1S/C17H26N2O2/c1-12(2)9-10-18-15(20)13-7-6-8-14(11-13)16(21)19-17(3,4)5/h6-8,11-12H,9-10H2,1-5H3,(H,18,20)(H,19,21). The second-order valence-electron chi connectivity index (χ2n) is 6.72. The van der Waals surface area contributed by atoms with Gasteiger partial charge in [0.2, 0.25) is 0 Å². The highest BCUT2D eigenvalue weighted by Crippen LogP contribution is 2.08. The number of rotatable bonds is 5. The summed E-state index contributed by atoms with van der Waals surface area (Å²) in [5, 5.41) is 5.76. The Morgan fingerprint density at radius 1 is 1.10 bits per heavy atom. The highest BCUT2D eigenvalue weighted by atomic mass is 16.2. The molecule has 0 saturated heterocycles. The molecule has 0 aliphatic carbocycles. The van der Waals surface area contributed by atoms with Crippen molar-refractivity contribution in [3.8, 4) is 0 Å². The average Bonchev–Trinajstić information content (AvgIpc) is 2.36. The minimum absolute atomic E-state index is 0.138. The molecule has 0 bridgehead atoms. The molecule has 0 spiro atoms. The number of amides is 2. The minimum atomic E-state index is -0.299. The van der Waals surface area contributed by atoms with Gasteiger partial charge in [-0.1, -0.05) is 19.9 Å². The third-order valence-corrected chi connectivity index (χ3v) is 2.88. The first kappa shape index (κ1) is 17.2. The first-order valence-electron chi connectivity index (χ1n) is 7.40. The zero-order chi connectivity index (χ0) is 16.0. The van der Waals surface area contributed by atoms with Gasteiger partial charge in [-0.15, -0.1) is 0 Å². The van der Waals surface area contributed by atoms with E-state index in [2.05, 4.69) is 24.5 Å². The molecule has 21 heavy (non-hydrogen) atoms. The Kier molecular flexibility index (Phi) is 5.94. The Hall–Kier alpha value is -1.84. The summed E-state index contributed by atoms with van der Waals surface area (Å²) >= 11 is 0. The minimum Gasteiger partial charge on any atom is -0.352 e. The van der Waals surface area contributed by atoms with Crippen LogP contribution in [0.2, 0.25) is 0 Å². The Bertz CT molecular complexity index is 502. The van der Waals surface area contributed by atoms with E-state index in [1.54, 1.807) is 24.3 Å². The predicted octanol–water partition coefficient (Wildman–Crippen LogP) is 2.99. The van der Waals surface area contributed by atoms with Gasteiger partial charge in [0.15, 0.2) is 0 Å². The molecule has 0 unspecified atom stereocenters. The molecule has 4 nitrogen and oxygen atoms in total. The molecule has 0 saturated carbocycles. The lowest BCUT2D eigenvalue weighted by Crippen LogP contribution is -2.40. The van der Waals surface area contributed by atoms with Crippen molar-refractivity contribution in [2.24, 2.45) is 5.92 Å². The lowest BCUT2D eigenvalue weighted by molar-refractivity contribution is 0.0919. The summed E-state index contributed by atoms with van der Waals surface area (Å²) in [4.78, 5) is 24.1. The second-order valence-corrected chi connectivity index (χ2v) is 6.72. The van der Waals surface area contributed by atoms with Crippen molar-refractivity contribution in [3.05, 3.63) is 35.4 Å². The highest BCUT2D eigenvalue weighted by molar-refractivity contribution is 5.99. The van der Waals surface area contributed by atoms with Crippen LogP contribution in [0.15, 0.2) is 24.3 Å². The molecule has 0 heterocycles. The van der Waals surface area contributed by atoms with Crippen LogP contribution in [-0.4, -0.2) is 23.9 Å².